The van der Waals surface area contributed by atoms with Gasteiger partial charge in [0, 0.05) is 18.1 Å². The van der Waals surface area contributed by atoms with Gasteiger partial charge in [0.25, 0.3) is 0 Å². The highest BCUT2D eigenvalue weighted by molar-refractivity contribution is 9.09. The fourth-order valence-electron chi connectivity index (χ4n) is 2.93. The number of aromatic nitrogens is 3. The molecule has 4 rings (SSSR count). The minimum atomic E-state index is 0.954. The summed E-state index contributed by atoms with van der Waals surface area (Å²) in [7, 11) is 0. The molecule has 110 valence electrons. The molecule has 0 fully saturated rings. The number of alkyl halides is 1. The quantitative estimate of drug-likeness (QED) is 0.485. The first-order valence-electron chi connectivity index (χ1n) is 7.46. The Bertz CT molecular complexity index is 921. The first-order valence-corrected chi connectivity index (χ1v) is 8.58. The fourth-order valence-corrected chi connectivity index (χ4v) is 3.18. The van der Waals surface area contributed by atoms with E-state index in [0.29, 0.717) is 0 Å². The highest BCUT2D eigenvalue weighted by Crippen LogP contribution is 2.26. The molecule has 0 saturated carbocycles. The summed E-state index contributed by atoms with van der Waals surface area (Å²) in [5, 5.41) is 0.992. The van der Waals surface area contributed by atoms with Gasteiger partial charge >= 0.3 is 0 Å². The molecule has 22 heavy (non-hydrogen) atoms. The third kappa shape index (κ3) is 2.15. The first kappa shape index (κ1) is 13.6. The van der Waals surface area contributed by atoms with Crippen molar-refractivity contribution in [1.29, 1.82) is 0 Å². The van der Waals surface area contributed by atoms with Crippen molar-refractivity contribution < 1.29 is 0 Å². The lowest BCUT2D eigenvalue weighted by Gasteiger charge is -2.07. The van der Waals surface area contributed by atoms with Crippen LogP contribution in [0, 0.1) is 0 Å². The van der Waals surface area contributed by atoms with Crippen molar-refractivity contribution in [3.8, 4) is 11.3 Å². The maximum atomic E-state index is 4.82. The van der Waals surface area contributed by atoms with Crippen molar-refractivity contribution in [2.45, 2.75) is 13.0 Å². The van der Waals surface area contributed by atoms with Gasteiger partial charge < -0.3 is 4.57 Å². The molecule has 0 aliphatic heterocycles. The molecule has 0 aliphatic carbocycles. The highest BCUT2D eigenvalue weighted by atomic mass is 79.9. The Morgan fingerprint density at radius 2 is 1.73 bits per heavy atom. The third-order valence-corrected chi connectivity index (χ3v) is 4.51. The van der Waals surface area contributed by atoms with E-state index in [9.17, 15) is 0 Å². The molecule has 0 bridgehead atoms. The molecule has 2 heterocycles. The summed E-state index contributed by atoms with van der Waals surface area (Å²) in [4.78, 5) is 4.82. The van der Waals surface area contributed by atoms with E-state index in [2.05, 4.69) is 79.6 Å². The summed E-state index contributed by atoms with van der Waals surface area (Å²) in [6.45, 7) is 0.954. The van der Waals surface area contributed by atoms with Gasteiger partial charge in [0.15, 0.2) is 0 Å². The second-order valence-corrected chi connectivity index (χ2v) is 6.14. The Balaban J connectivity index is 1.99. The molecular formula is C18H16BrN3. The average Bonchev–Trinajstić information content (AvgIpc) is 3.10. The van der Waals surface area contributed by atoms with Gasteiger partial charge in [-0.3, -0.25) is 4.40 Å². The average molecular weight is 354 g/mol. The zero-order valence-corrected chi connectivity index (χ0v) is 13.7. The molecule has 0 radical (unpaired) electrons. The summed E-state index contributed by atoms with van der Waals surface area (Å²) < 4.78 is 4.52. The van der Waals surface area contributed by atoms with Crippen LogP contribution in [0.5, 0.6) is 0 Å². The number of fused-ring (bicyclic) bond motifs is 3. The van der Waals surface area contributed by atoms with E-state index < -0.39 is 0 Å². The number of imidazole rings is 2. The highest BCUT2D eigenvalue weighted by Gasteiger charge is 2.14. The largest absolute Gasteiger partial charge is 0.310 e. The van der Waals surface area contributed by atoms with Crippen molar-refractivity contribution in [3.63, 3.8) is 0 Å². The maximum absolute atomic E-state index is 4.82. The van der Waals surface area contributed by atoms with Crippen LogP contribution in [-0.4, -0.2) is 19.3 Å². The standard InChI is InChI=1S/C18H16BrN3/c19-11-6-12-21-17(14-7-2-1-3-8-14)13-22-16-10-5-4-9-15(16)20-18(21)22/h1-5,7-10,13H,6,11-12H2. The normalized spacial score (nSPS) is 11.5. The van der Waals surface area contributed by atoms with Crippen LogP contribution in [0.1, 0.15) is 6.42 Å². The number of nitrogens with zero attached hydrogens (tertiary/aromatic N) is 3. The number of aryl methyl sites for hydroxylation is 1. The summed E-state index contributed by atoms with van der Waals surface area (Å²) in [5.74, 6) is 1.01. The first-order chi connectivity index (χ1) is 10.9. The predicted molar refractivity (Wildman–Crippen MR) is 94.5 cm³/mol. The minimum Gasteiger partial charge on any atom is -0.310 e. The molecule has 2 aromatic heterocycles. The van der Waals surface area contributed by atoms with Crippen molar-refractivity contribution >= 4 is 32.7 Å². The molecule has 0 aliphatic rings. The topological polar surface area (TPSA) is 22.2 Å². The van der Waals surface area contributed by atoms with Gasteiger partial charge in [-0.2, -0.15) is 0 Å². The summed E-state index contributed by atoms with van der Waals surface area (Å²) in [6, 6.07) is 18.8. The Morgan fingerprint density at radius 3 is 2.55 bits per heavy atom. The smallest absolute Gasteiger partial charge is 0.215 e. The number of hydrogen-bond acceptors (Lipinski definition) is 1. The zero-order valence-electron chi connectivity index (χ0n) is 12.1. The molecule has 0 saturated heterocycles. The Morgan fingerprint density at radius 1 is 0.955 bits per heavy atom. The second-order valence-electron chi connectivity index (χ2n) is 5.35. The molecule has 3 nitrogen and oxygen atoms in total. The lowest BCUT2D eigenvalue weighted by Crippen LogP contribution is -2.01. The van der Waals surface area contributed by atoms with E-state index >= 15 is 0 Å². The van der Waals surface area contributed by atoms with Gasteiger partial charge in [-0.25, -0.2) is 4.98 Å². The molecule has 4 heteroatoms. The van der Waals surface area contributed by atoms with E-state index in [1.54, 1.807) is 0 Å². The van der Waals surface area contributed by atoms with Gasteiger partial charge in [0.05, 0.1) is 16.7 Å². The monoisotopic (exact) mass is 353 g/mol. The third-order valence-electron chi connectivity index (χ3n) is 3.95. The molecule has 0 spiro atoms. The second kappa shape index (κ2) is 5.61. The van der Waals surface area contributed by atoms with E-state index in [0.717, 1.165) is 35.1 Å². The summed E-state index contributed by atoms with van der Waals surface area (Å²) >= 11 is 3.53. The van der Waals surface area contributed by atoms with E-state index in [4.69, 9.17) is 4.98 Å². The van der Waals surface area contributed by atoms with Crippen LogP contribution in [0.4, 0.5) is 0 Å². The lowest BCUT2D eigenvalue weighted by molar-refractivity contribution is 0.708. The van der Waals surface area contributed by atoms with Crippen LogP contribution in [-0.2, 0) is 6.54 Å². The Hall–Kier alpha value is -2.07. The Labute approximate surface area is 137 Å². The minimum absolute atomic E-state index is 0.954. The van der Waals surface area contributed by atoms with Crippen LogP contribution in [0.2, 0.25) is 0 Å². The molecular weight excluding hydrogens is 338 g/mol. The number of hydrogen-bond donors (Lipinski definition) is 0. The van der Waals surface area contributed by atoms with E-state index in [1.807, 2.05) is 6.07 Å². The van der Waals surface area contributed by atoms with Crippen molar-refractivity contribution in [2.24, 2.45) is 0 Å². The number of rotatable bonds is 4. The molecule has 0 unspecified atom stereocenters. The SMILES string of the molecule is BrCCCn1c(-c2ccccc2)cn2c3ccccc3nc12. The Kier molecular flexibility index (Phi) is 3.47. The van der Waals surface area contributed by atoms with Crippen molar-refractivity contribution in [1.82, 2.24) is 14.0 Å². The van der Waals surface area contributed by atoms with Crippen LogP contribution >= 0.6 is 15.9 Å². The van der Waals surface area contributed by atoms with E-state index in [1.165, 1.54) is 11.3 Å². The molecule has 4 aromatic rings. The van der Waals surface area contributed by atoms with Gasteiger partial charge in [0.2, 0.25) is 5.78 Å². The molecule has 0 atom stereocenters. The van der Waals surface area contributed by atoms with E-state index in [-0.39, 0.29) is 0 Å². The van der Waals surface area contributed by atoms with Crippen LogP contribution in [0.3, 0.4) is 0 Å². The summed E-state index contributed by atoms with van der Waals surface area (Å²) in [6.07, 6.45) is 3.28. The van der Waals surface area contributed by atoms with Crippen LogP contribution < -0.4 is 0 Å². The van der Waals surface area contributed by atoms with Crippen LogP contribution in [0.25, 0.3) is 28.1 Å². The lowest BCUT2D eigenvalue weighted by atomic mass is 10.1. The number of para-hydroxylation sites is 2. The zero-order chi connectivity index (χ0) is 14.9. The van der Waals surface area contributed by atoms with Crippen LogP contribution in [0.15, 0.2) is 60.8 Å². The maximum Gasteiger partial charge on any atom is 0.215 e. The fraction of sp³-hybridized carbons (Fsp3) is 0.167. The van der Waals surface area contributed by atoms with Gasteiger partial charge in [0.1, 0.15) is 0 Å². The summed E-state index contributed by atoms with van der Waals surface area (Å²) in [5.41, 5.74) is 4.65. The van der Waals surface area contributed by atoms with Gasteiger partial charge in [-0.1, -0.05) is 58.4 Å². The molecule has 2 aromatic carbocycles. The predicted octanol–water partition coefficient (Wildman–Crippen LogP) is 4.74. The van der Waals surface area contributed by atoms with Gasteiger partial charge in [-0.05, 0) is 24.1 Å². The molecule has 0 amide bonds. The van der Waals surface area contributed by atoms with Crippen molar-refractivity contribution in [2.75, 3.05) is 5.33 Å². The number of halogens is 1. The molecule has 0 N–H and O–H groups in total. The van der Waals surface area contributed by atoms with Crippen molar-refractivity contribution in [3.05, 3.63) is 60.8 Å². The van der Waals surface area contributed by atoms with Gasteiger partial charge in [-0.15, -0.1) is 0 Å². The number of benzene rings is 2.